The van der Waals surface area contributed by atoms with Crippen molar-refractivity contribution in [3.8, 4) is 0 Å². The third kappa shape index (κ3) is 2.85. The maximum Gasteiger partial charge on any atom is 0.247 e. The van der Waals surface area contributed by atoms with E-state index in [4.69, 9.17) is 10.5 Å². The molecule has 1 fully saturated rings. The normalized spacial score (nSPS) is 26.1. The molecule has 1 amide bonds. The minimum absolute atomic E-state index is 0.0445. The van der Waals surface area contributed by atoms with Gasteiger partial charge in [-0.25, -0.2) is 0 Å². The third-order valence-corrected chi connectivity index (χ3v) is 3.79. The molecule has 0 saturated carbocycles. The van der Waals surface area contributed by atoms with Crippen LogP contribution in [0.5, 0.6) is 0 Å². The van der Waals surface area contributed by atoms with Crippen molar-refractivity contribution in [3.63, 3.8) is 0 Å². The van der Waals surface area contributed by atoms with Crippen LogP contribution in [0.15, 0.2) is 30.3 Å². The molecule has 110 valence electrons. The van der Waals surface area contributed by atoms with Gasteiger partial charge in [0.2, 0.25) is 5.91 Å². The second-order valence-corrected chi connectivity index (χ2v) is 5.51. The molecule has 3 atom stereocenters. The molecule has 1 saturated heterocycles. The summed E-state index contributed by atoms with van der Waals surface area (Å²) in [5.74, 6) is -0.141. The van der Waals surface area contributed by atoms with E-state index in [1.165, 1.54) is 0 Å². The van der Waals surface area contributed by atoms with Crippen LogP contribution in [-0.2, 0) is 15.1 Å². The summed E-state index contributed by atoms with van der Waals surface area (Å²) in [6, 6.07) is 9.29. The number of rotatable bonds is 3. The topological polar surface area (TPSA) is 75.8 Å². The first-order chi connectivity index (χ1) is 9.46. The Morgan fingerprint density at radius 3 is 2.75 bits per heavy atom. The Labute approximate surface area is 119 Å². The molecule has 0 bridgehead atoms. The van der Waals surface area contributed by atoms with E-state index in [9.17, 15) is 9.90 Å². The highest BCUT2D eigenvalue weighted by atomic mass is 16.5. The van der Waals surface area contributed by atoms with Crippen molar-refractivity contribution in [2.24, 2.45) is 5.73 Å². The van der Waals surface area contributed by atoms with Crippen molar-refractivity contribution in [2.45, 2.75) is 31.5 Å². The Bertz CT molecular complexity index is 461. The SMILES string of the molecule is CC1COC(CO)CN1C(=O)C(C)(N)c1ccccc1. The van der Waals surface area contributed by atoms with Crippen LogP contribution in [0.1, 0.15) is 19.4 Å². The standard InChI is InChI=1S/C15H22N2O3/c1-11-10-20-13(9-18)8-17(11)14(19)15(2,16)12-6-4-3-5-7-12/h3-7,11,13,18H,8-10,16H2,1-2H3. The lowest BCUT2D eigenvalue weighted by atomic mass is 9.91. The number of nitrogens with zero attached hydrogens (tertiary/aromatic N) is 1. The summed E-state index contributed by atoms with van der Waals surface area (Å²) in [5, 5.41) is 9.20. The molecule has 1 aliphatic rings. The first kappa shape index (κ1) is 15.0. The van der Waals surface area contributed by atoms with Gasteiger partial charge in [0, 0.05) is 6.54 Å². The second kappa shape index (κ2) is 5.91. The van der Waals surface area contributed by atoms with Crippen molar-refractivity contribution in [1.82, 2.24) is 4.90 Å². The fourth-order valence-corrected chi connectivity index (χ4v) is 2.42. The monoisotopic (exact) mass is 278 g/mol. The first-order valence-corrected chi connectivity index (χ1v) is 6.84. The van der Waals surface area contributed by atoms with E-state index in [2.05, 4.69) is 0 Å². The number of morpholine rings is 1. The Morgan fingerprint density at radius 1 is 1.50 bits per heavy atom. The van der Waals surface area contributed by atoms with Crippen molar-refractivity contribution < 1.29 is 14.6 Å². The van der Waals surface area contributed by atoms with Crippen molar-refractivity contribution in [3.05, 3.63) is 35.9 Å². The highest BCUT2D eigenvalue weighted by Gasteiger charge is 2.39. The third-order valence-electron chi connectivity index (χ3n) is 3.79. The number of aliphatic hydroxyl groups excluding tert-OH is 1. The van der Waals surface area contributed by atoms with E-state index in [0.717, 1.165) is 5.56 Å². The molecule has 5 heteroatoms. The molecule has 3 unspecified atom stereocenters. The van der Waals surface area contributed by atoms with Gasteiger partial charge in [-0.05, 0) is 19.4 Å². The van der Waals surface area contributed by atoms with Gasteiger partial charge >= 0.3 is 0 Å². The minimum Gasteiger partial charge on any atom is -0.394 e. The van der Waals surface area contributed by atoms with E-state index in [-0.39, 0.29) is 24.7 Å². The van der Waals surface area contributed by atoms with Gasteiger partial charge in [0.15, 0.2) is 0 Å². The van der Waals surface area contributed by atoms with E-state index >= 15 is 0 Å². The summed E-state index contributed by atoms with van der Waals surface area (Å²) in [6.45, 7) is 4.34. The van der Waals surface area contributed by atoms with Crippen LogP contribution < -0.4 is 5.73 Å². The highest BCUT2D eigenvalue weighted by Crippen LogP contribution is 2.23. The average Bonchev–Trinajstić information content (AvgIpc) is 2.48. The van der Waals surface area contributed by atoms with Crippen LogP contribution >= 0.6 is 0 Å². The predicted octanol–water partition coefficient (Wildman–Crippen LogP) is 0.469. The second-order valence-electron chi connectivity index (χ2n) is 5.51. The summed E-state index contributed by atoms with van der Waals surface area (Å²) < 4.78 is 5.45. The number of carbonyl (C=O) groups is 1. The van der Waals surface area contributed by atoms with Crippen molar-refractivity contribution >= 4 is 5.91 Å². The summed E-state index contributed by atoms with van der Waals surface area (Å²) in [4.78, 5) is 14.5. The van der Waals surface area contributed by atoms with Crippen LogP contribution in [0.3, 0.4) is 0 Å². The van der Waals surface area contributed by atoms with E-state index < -0.39 is 5.54 Å². The lowest BCUT2D eigenvalue weighted by Crippen LogP contribution is -2.59. The molecule has 1 aromatic rings. The van der Waals surface area contributed by atoms with Gasteiger partial charge < -0.3 is 20.5 Å². The lowest BCUT2D eigenvalue weighted by Gasteiger charge is -2.41. The zero-order valence-electron chi connectivity index (χ0n) is 12.0. The molecular weight excluding hydrogens is 256 g/mol. The van der Waals surface area contributed by atoms with Gasteiger partial charge in [-0.3, -0.25) is 4.79 Å². The van der Waals surface area contributed by atoms with Gasteiger partial charge in [0.1, 0.15) is 5.54 Å². The molecule has 0 spiro atoms. The average molecular weight is 278 g/mol. The zero-order chi connectivity index (χ0) is 14.8. The number of carbonyl (C=O) groups excluding carboxylic acids is 1. The van der Waals surface area contributed by atoms with Crippen LogP contribution in [0, 0.1) is 0 Å². The van der Waals surface area contributed by atoms with Crippen molar-refractivity contribution in [1.29, 1.82) is 0 Å². The van der Waals surface area contributed by atoms with E-state index in [0.29, 0.717) is 13.2 Å². The van der Waals surface area contributed by atoms with Crippen LogP contribution in [-0.4, -0.2) is 47.8 Å². The number of amides is 1. The van der Waals surface area contributed by atoms with Crippen molar-refractivity contribution in [2.75, 3.05) is 19.8 Å². The summed E-state index contributed by atoms with van der Waals surface area (Å²) in [5.41, 5.74) is 5.97. The number of ether oxygens (including phenoxy) is 1. The largest absolute Gasteiger partial charge is 0.394 e. The maximum atomic E-state index is 12.8. The summed E-state index contributed by atoms with van der Waals surface area (Å²) in [6.07, 6.45) is -0.332. The molecule has 0 radical (unpaired) electrons. The van der Waals surface area contributed by atoms with Gasteiger partial charge in [-0.1, -0.05) is 30.3 Å². The number of aliphatic hydroxyl groups is 1. The van der Waals surface area contributed by atoms with Gasteiger partial charge in [-0.15, -0.1) is 0 Å². The summed E-state index contributed by atoms with van der Waals surface area (Å²) in [7, 11) is 0. The first-order valence-electron chi connectivity index (χ1n) is 6.84. The highest BCUT2D eigenvalue weighted by molar-refractivity contribution is 5.87. The van der Waals surface area contributed by atoms with Gasteiger partial charge in [0.25, 0.3) is 0 Å². The molecular formula is C15H22N2O3. The van der Waals surface area contributed by atoms with E-state index in [1.54, 1.807) is 11.8 Å². The molecule has 1 aliphatic heterocycles. The number of hydrogen-bond donors (Lipinski definition) is 2. The molecule has 2 rings (SSSR count). The maximum absolute atomic E-state index is 12.8. The summed E-state index contributed by atoms with van der Waals surface area (Å²) >= 11 is 0. The Morgan fingerprint density at radius 2 is 2.15 bits per heavy atom. The Kier molecular flexibility index (Phi) is 4.42. The molecule has 3 N–H and O–H groups in total. The van der Waals surface area contributed by atoms with Crippen LogP contribution in [0.2, 0.25) is 0 Å². The zero-order valence-corrected chi connectivity index (χ0v) is 12.0. The number of nitrogens with two attached hydrogens (primary N) is 1. The Balaban J connectivity index is 2.21. The van der Waals surface area contributed by atoms with Crippen LogP contribution in [0.25, 0.3) is 0 Å². The smallest absolute Gasteiger partial charge is 0.247 e. The molecule has 1 aromatic carbocycles. The number of benzene rings is 1. The van der Waals surface area contributed by atoms with Gasteiger partial charge in [-0.2, -0.15) is 0 Å². The fraction of sp³-hybridized carbons (Fsp3) is 0.533. The molecule has 5 nitrogen and oxygen atoms in total. The minimum atomic E-state index is -1.08. The van der Waals surface area contributed by atoms with Crippen LogP contribution in [0.4, 0.5) is 0 Å². The molecule has 20 heavy (non-hydrogen) atoms. The lowest BCUT2D eigenvalue weighted by molar-refractivity contribution is -0.151. The van der Waals surface area contributed by atoms with Gasteiger partial charge in [0.05, 0.1) is 25.4 Å². The Hall–Kier alpha value is -1.43. The molecule has 1 heterocycles. The molecule has 0 aliphatic carbocycles. The fourth-order valence-electron chi connectivity index (χ4n) is 2.42. The number of hydrogen-bond acceptors (Lipinski definition) is 4. The quantitative estimate of drug-likeness (QED) is 0.842. The predicted molar refractivity (Wildman–Crippen MR) is 76.0 cm³/mol. The molecule has 0 aromatic heterocycles. The van der Waals surface area contributed by atoms with E-state index in [1.807, 2.05) is 37.3 Å².